The SMILES string of the molecule is Cc1c([C@@H](NC(=O)Nc2ccc(NC(=O)OC(C)(C)C)nc2)C(F)(F)F)oc2ccc(F)cc12. The van der Waals surface area contributed by atoms with Gasteiger partial charge in [0.05, 0.1) is 11.9 Å². The van der Waals surface area contributed by atoms with Crippen molar-refractivity contribution in [1.29, 1.82) is 0 Å². The molecule has 34 heavy (non-hydrogen) atoms. The van der Waals surface area contributed by atoms with E-state index in [9.17, 15) is 27.2 Å². The molecule has 3 amide bonds. The molecule has 1 atom stereocenters. The number of carbonyl (C=O) groups is 2. The van der Waals surface area contributed by atoms with Gasteiger partial charge in [-0.2, -0.15) is 13.2 Å². The van der Waals surface area contributed by atoms with Crippen molar-refractivity contribution in [3.8, 4) is 0 Å². The molecule has 0 saturated heterocycles. The Morgan fingerprint density at radius 2 is 1.79 bits per heavy atom. The first kappa shape index (κ1) is 24.8. The number of hydrogen-bond acceptors (Lipinski definition) is 5. The second kappa shape index (κ2) is 9.20. The lowest BCUT2D eigenvalue weighted by atomic mass is 10.1. The number of urea groups is 1. The zero-order valence-corrected chi connectivity index (χ0v) is 18.6. The Morgan fingerprint density at radius 3 is 2.38 bits per heavy atom. The Morgan fingerprint density at radius 1 is 1.09 bits per heavy atom. The van der Waals surface area contributed by atoms with Crippen LogP contribution in [0.15, 0.2) is 40.9 Å². The van der Waals surface area contributed by atoms with E-state index in [4.69, 9.17) is 9.15 Å². The smallest absolute Gasteiger partial charge is 0.416 e. The average Bonchev–Trinajstić information content (AvgIpc) is 3.01. The molecule has 3 rings (SSSR count). The van der Waals surface area contributed by atoms with Crippen molar-refractivity contribution < 1.29 is 36.3 Å². The van der Waals surface area contributed by atoms with Gasteiger partial charge >= 0.3 is 18.3 Å². The van der Waals surface area contributed by atoms with Crippen LogP contribution in [0.5, 0.6) is 0 Å². The van der Waals surface area contributed by atoms with Gasteiger partial charge in [-0.15, -0.1) is 0 Å². The summed E-state index contributed by atoms with van der Waals surface area (Å²) in [6.45, 7) is 6.40. The first-order valence-electron chi connectivity index (χ1n) is 10.0. The number of anilines is 2. The number of amides is 3. The molecular formula is C22H22F4N4O4. The van der Waals surface area contributed by atoms with Crippen LogP contribution in [0.3, 0.4) is 0 Å². The summed E-state index contributed by atoms with van der Waals surface area (Å²) in [5, 5.41) is 6.63. The van der Waals surface area contributed by atoms with Gasteiger partial charge in [0.2, 0.25) is 0 Å². The lowest BCUT2D eigenvalue weighted by Crippen LogP contribution is -2.40. The van der Waals surface area contributed by atoms with E-state index >= 15 is 0 Å². The zero-order valence-electron chi connectivity index (χ0n) is 18.6. The van der Waals surface area contributed by atoms with E-state index in [1.807, 2.05) is 5.32 Å². The number of ether oxygens (including phenoxy) is 1. The largest absolute Gasteiger partial charge is 0.458 e. The van der Waals surface area contributed by atoms with Crippen LogP contribution in [0.4, 0.5) is 38.7 Å². The number of halogens is 4. The standard InChI is InChI=1S/C22H22F4N4O4/c1-11-14-9-12(23)5-7-15(14)33-17(11)18(22(24,25)26)30-19(31)28-13-6-8-16(27-10-13)29-20(32)34-21(2,3)4/h5-10,18H,1-4H3,(H,27,29,32)(H2,28,30,31)/t18-/m1/s1. The summed E-state index contributed by atoms with van der Waals surface area (Å²) >= 11 is 0. The van der Waals surface area contributed by atoms with E-state index in [1.54, 1.807) is 20.8 Å². The van der Waals surface area contributed by atoms with Crippen LogP contribution >= 0.6 is 0 Å². The number of nitrogens with zero attached hydrogens (tertiary/aromatic N) is 1. The lowest BCUT2D eigenvalue weighted by Gasteiger charge is -2.21. The highest BCUT2D eigenvalue weighted by atomic mass is 19.4. The molecule has 0 aliphatic heterocycles. The minimum absolute atomic E-state index is 0.0522. The van der Waals surface area contributed by atoms with Crippen molar-refractivity contribution in [2.75, 3.05) is 10.6 Å². The van der Waals surface area contributed by atoms with Crippen molar-refractivity contribution in [3.63, 3.8) is 0 Å². The quantitative estimate of drug-likeness (QED) is 0.393. The molecule has 2 heterocycles. The molecule has 3 N–H and O–H groups in total. The maximum absolute atomic E-state index is 13.7. The Labute approximate surface area is 191 Å². The molecule has 3 aromatic rings. The molecule has 0 aliphatic carbocycles. The normalized spacial score (nSPS) is 12.8. The van der Waals surface area contributed by atoms with Gasteiger partial charge in [-0.05, 0) is 58.0 Å². The fraction of sp³-hybridized carbons (Fsp3) is 0.318. The van der Waals surface area contributed by atoms with Crippen molar-refractivity contribution in [2.24, 2.45) is 0 Å². The zero-order chi connectivity index (χ0) is 25.3. The number of fused-ring (bicyclic) bond motifs is 1. The van der Waals surface area contributed by atoms with Crippen LogP contribution in [0, 0.1) is 12.7 Å². The van der Waals surface area contributed by atoms with Gasteiger partial charge in [0.1, 0.15) is 28.6 Å². The van der Waals surface area contributed by atoms with Crippen LogP contribution in [0.1, 0.15) is 38.1 Å². The molecule has 12 heteroatoms. The van der Waals surface area contributed by atoms with Crippen LogP contribution in [-0.4, -0.2) is 28.9 Å². The summed E-state index contributed by atoms with van der Waals surface area (Å²) in [6.07, 6.45) is -4.49. The minimum atomic E-state index is -4.89. The summed E-state index contributed by atoms with van der Waals surface area (Å²) in [6, 6.07) is 2.34. The molecule has 0 saturated carbocycles. The van der Waals surface area contributed by atoms with Gasteiger partial charge in [0.15, 0.2) is 6.04 Å². The number of aryl methyl sites for hydroxylation is 1. The first-order valence-corrected chi connectivity index (χ1v) is 10.0. The van der Waals surface area contributed by atoms with Crippen molar-refractivity contribution >= 4 is 34.6 Å². The van der Waals surface area contributed by atoms with E-state index in [0.717, 1.165) is 18.3 Å². The van der Waals surface area contributed by atoms with Crippen LogP contribution in [0.2, 0.25) is 0 Å². The average molecular weight is 482 g/mol. The van der Waals surface area contributed by atoms with Gasteiger partial charge in [-0.25, -0.2) is 19.0 Å². The molecule has 2 aromatic heterocycles. The van der Waals surface area contributed by atoms with Crippen LogP contribution in [-0.2, 0) is 4.74 Å². The Hall–Kier alpha value is -3.83. The van der Waals surface area contributed by atoms with Crippen molar-refractivity contribution in [1.82, 2.24) is 10.3 Å². The number of benzene rings is 1. The summed E-state index contributed by atoms with van der Waals surface area (Å²) in [4.78, 5) is 28.0. The topological polar surface area (TPSA) is 105 Å². The Kier molecular flexibility index (Phi) is 6.71. The third-order valence-corrected chi connectivity index (χ3v) is 4.45. The first-order chi connectivity index (χ1) is 15.7. The highest BCUT2D eigenvalue weighted by Gasteiger charge is 2.45. The van der Waals surface area contributed by atoms with Gasteiger partial charge in [0.25, 0.3) is 0 Å². The molecular weight excluding hydrogens is 460 g/mol. The molecule has 0 spiro atoms. The fourth-order valence-electron chi connectivity index (χ4n) is 3.03. The number of alkyl halides is 3. The molecule has 0 unspecified atom stereocenters. The number of nitrogens with one attached hydrogen (secondary N) is 3. The molecule has 8 nitrogen and oxygen atoms in total. The van der Waals surface area contributed by atoms with Crippen molar-refractivity contribution in [2.45, 2.75) is 45.5 Å². The molecule has 0 aliphatic rings. The maximum atomic E-state index is 13.7. The number of pyridine rings is 1. The van der Waals surface area contributed by atoms with Crippen LogP contribution < -0.4 is 16.0 Å². The summed E-state index contributed by atoms with van der Waals surface area (Å²) in [5.74, 6) is -1.08. The molecule has 0 bridgehead atoms. The summed E-state index contributed by atoms with van der Waals surface area (Å²) in [5.41, 5.74) is -0.541. The summed E-state index contributed by atoms with van der Waals surface area (Å²) < 4.78 is 65.1. The third kappa shape index (κ3) is 6.15. The van der Waals surface area contributed by atoms with Crippen molar-refractivity contribution in [3.05, 3.63) is 53.7 Å². The number of rotatable bonds is 4. The van der Waals surface area contributed by atoms with E-state index in [-0.39, 0.29) is 28.0 Å². The Bertz CT molecular complexity index is 1200. The number of carbonyl (C=O) groups excluding carboxylic acids is 2. The monoisotopic (exact) mass is 482 g/mol. The number of aromatic nitrogens is 1. The molecule has 182 valence electrons. The Balaban J connectivity index is 1.72. The van der Waals surface area contributed by atoms with E-state index in [1.165, 1.54) is 25.1 Å². The molecule has 1 aromatic carbocycles. The summed E-state index contributed by atoms with van der Waals surface area (Å²) in [7, 11) is 0. The van der Waals surface area contributed by atoms with Gasteiger partial charge < -0.3 is 19.8 Å². The number of hydrogen-bond donors (Lipinski definition) is 3. The van der Waals surface area contributed by atoms with Gasteiger partial charge in [0, 0.05) is 10.9 Å². The predicted molar refractivity (Wildman–Crippen MR) is 116 cm³/mol. The predicted octanol–water partition coefficient (Wildman–Crippen LogP) is 6.05. The van der Waals surface area contributed by atoms with Gasteiger partial charge in [-0.3, -0.25) is 5.32 Å². The third-order valence-electron chi connectivity index (χ3n) is 4.45. The lowest BCUT2D eigenvalue weighted by molar-refractivity contribution is -0.158. The highest BCUT2D eigenvalue weighted by molar-refractivity contribution is 5.90. The van der Waals surface area contributed by atoms with E-state index < -0.39 is 41.5 Å². The number of furan rings is 1. The van der Waals surface area contributed by atoms with Crippen LogP contribution in [0.25, 0.3) is 11.0 Å². The van der Waals surface area contributed by atoms with E-state index in [0.29, 0.717) is 0 Å². The molecule has 0 radical (unpaired) electrons. The second-order valence-electron chi connectivity index (χ2n) is 8.36. The molecule has 0 fully saturated rings. The highest BCUT2D eigenvalue weighted by Crippen LogP contribution is 2.38. The van der Waals surface area contributed by atoms with Gasteiger partial charge in [-0.1, -0.05) is 0 Å². The maximum Gasteiger partial charge on any atom is 0.416 e. The second-order valence-corrected chi connectivity index (χ2v) is 8.36. The minimum Gasteiger partial charge on any atom is -0.458 e. The van der Waals surface area contributed by atoms with E-state index in [2.05, 4.69) is 15.6 Å². The fourth-order valence-corrected chi connectivity index (χ4v) is 3.03.